The molecule has 7 atom stereocenters. The van der Waals surface area contributed by atoms with Crippen LogP contribution in [0.15, 0.2) is 54.6 Å². The lowest BCUT2D eigenvalue weighted by atomic mass is 9.98. The van der Waals surface area contributed by atoms with E-state index in [1.54, 1.807) is 37.3 Å². The smallest absolute Gasteiger partial charge is 0.322 e. The first kappa shape index (κ1) is 50.5. The number of carbonyl (C=O) groups is 9. The second kappa shape index (κ2) is 25.8. The second-order valence-corrected chi connectivity index (χ2v) is 14.0. The number of carboxylic acids is 2. The number of phenolic OH excluding ortho intramolecular Hbond substituents is 1. The van der Waals surface area contributed by atoms with Gasteiger partial charge in [-0.25, -0.2) is 0 Å². The molecule has 0 radical (unpaired) electrons. The summed E-state index contributed by atoms with van der Waals surface area (Å²) in [4.78, 5) is 114. The molecule has 14 N–H and O–H groups in total. The van der Waals surface area contributed by atoms with Crippen molar-refractivity contribution in [2.24, 2.45) is 11.7 Å². The van der Waals surface area contributed by atoms with Crippen LogP contribution in [0.2, 0.25) is 0 Å². The maximum absolute atomic E-state index is 13.5. The normalized spacial score (nSPS) is 14.2. The number of aliphatic carboxylic acids is 2. The van der Waals surface area contributed by atoms with Gasteiger partial charge in [0.25, 0.3) is 0 Å². The quantitative estimate of drug-likeness (QED) is 0.0431. The molecule has 0 heterocycles. The van der Waals surface area contributed by atoms with Crippen molar-refractivity contribution in [2.45, 2.75) is 82.2 Å². The third-order valence-electron chi connectivity index (χ3n) is 9.26. The Hall–Kier alpha value is -6.65. The van der Waals surface area contributed by atoms with Crippen molar-refractivity contribution in [2.75, 3.05) is 26.3 Å². The zero-order valence-electron chi connectivity index (χ0n) is 33.6. The summed E-state index contributed by atoms with van der Waals surface area (Å²) in [6, 6.07) is 4.96. The van der Waals surface area contributed by atoms with Gasteiger partial charge < -0.3 is 68.5 Å². The molecule has 0 fully saturated rings. The first-order chi connectivity index (χ1) is 28.9. The molecule has 22 nitrogen and oxygen atoms in total. The third kappa shape index (κ3) is 18.0. The Morgan fingerprint density at radius 1 is 0.574 bits per heavy atom. The molecule has 0 aliphatic carbocycles. The number of amides is 7. The largest absolute Gasteiger partial charge is 0.508 e. The topological polar surface area (TPSA) is 365 Å². The Bertz CT molecular complexity index is 1830. The molecule has 2 rings (SSSR count). The van der Waals surface area contributed by atoms with Gasteiger partial charge in [-0.3, -0.25) is 43.2 Å². The molecule has 0 saturated carbocycles. The molecule has 22 heteroatoms. The van der Waals surface area contributed by atoms with Crippen LogP contribution in [0.25, 0.3) is 0 Å². The summed E-state index contributed by atoms with van der Waals surface area (Å²) in [7, 11) is 0. The number of nitrogens with two attached hydrogens (primary N) is 1. The van der Waals surface area contributed by atoms with Crippen LogP contribution in [0.4, 0.5) is 0 Å². The van der Waals surface area contributed by atoms with E-state index in [2.05, 4.69) is 31.9 Å². The van der Waals surface area contributed by atoms with Crippen LogP contribution in [-0.4, -0.2) is 141 Å². The van der Waals surface area contributed by atoms with Crippen molar-refractivity contribution in [3.05, 3.63) is 65.7 Å². The predicted octanol–water partition coefficient (Wildman–Crippen LogP) is -3.86. The van der Waals surface area contributed by atoms with E-state index in [-0.39, 0.29) is 24.5 Å². The number of hydrogen-bond donors (Lipinski definition) is 13. The van der Waals surface area contributed by atoms with Crippen molar-refractivity contribution in [1.82, 2.24) is 37.2 Å². The molecule has 7 amide bonds. The van der Waals surface area contributed by atoms with E-state index >= 15 is 0 Å². The maximum Gasteiger partial charge on any atom is 0.322 e. The highest BCUT2D eigenvalue weighted by molar-refractivity contribution is 5.97. The van der Waals surface area contributed by atoms with Crippen molar-refractivity contribution in [3.8, 4) is 5.75 Å². The van der Waals surface area contributed by atoms with Gasteiger partial charge in [0.1, 0.15) is 42.5 Å². The zero-order valence-corrected chi connectivity index (χ0v) is 33.6. The average molecular weight is 859 g/mol. The predicted molar refractivity (Wildman–Crippen MR) is 214 cm³/mol. The van der Waals surface area contributed by atoms with Gasteiger partial charge >= 0.3 is 11.9 Å². The minimum atomic E-state index is -1.82. The molecule has 0 spiro atoms. The van der Waals surface area contributed by atoms with E-state index in [0.717, 1.165) is 0 Å². The van der Waals surface area contributed by atoms with Crippen LogP contribution in [-0.2, 0) is 56.0 Å². The minimum absolute atomic E-state index is 0.0424. The molecule has 0 unspecified atom stereocenters. The number of phenols is 1. The molecule has 0 bridgehead atoms. The van der Waals surface area contributed by atoms with Gasteiger partial charge in [0.15, 0.2) is 0 Å². The highest BCUT2D eigenvalue weighted by atomic mass is 16.4. The Balaban J connectivity index is 2.25. The summed E-state index contributed by atoms with van der Waals surface area (Å²) in [5.41, 5.74) is 7.11. The van der Waals surface area contributed by atoms with E-state index in [1.165, 1.54) is 24.3 Å². The molecule has 334 valence electrons. The van der Waals surface area contributed by atoms with Gasteiger partial charge in [-0.1, -0.05) is 62.7 Å². The van der Waals surface area contributed by atoms with E-state index in [9.17, 15) is 63.6 Å². The average Bonchev–Trinajstić information content (AvgIpc) is 3.23. The number of hydrogen-bond acceptors (Lipinski definition) is 13. The summed E-state index contributed by atoms with van der Waals surface area (Å²) in [6.45, 7) is 0.0701. The fourth-order valence-corrected chi connectivity index (χ4v) is 5.46. The van der Waals surface area contributed by atoms with Gasteiger partial charge in [0.05, 0.1) is 25.8 Å². The standard InChI is InChI=1S/C39H54N8O14/c1-3-21(2)33(40)39(61)45-27(15-22-7-5-4-6-8-22)36(58)47-28(19-48)37(59)43-25(13-14-31(52)53)35(57)46-29(20-49)38(60)44-26(16-23-9-11-24(50)12-10-23)34(56)42-17-30(51)41-18-32(54)55/h4-12,21,25-29,33,48-50H,3,13-20,40H2,1-2H3,(H,41,51)(H,42,56)(H,43,59)(H,44,60)(H,45,61)(H,46,57)(H,47,58)(H,52,53)(H,54,55)/t21-,25-,26-,27-,28-,29-,33-/m0/s1. The summed E-state index contributed by atoms with van der Waals surface area (Å²) < 4.78 is 0. The number of carboxylic acid groups (broad SMARTS) is 2. The fraction of sp³-hybridized carbons (Fsp3) is 0.462. The summed E-state index contributed by atoms with van der Waals surface area (Å²) >= 11 is 0. The lowest BCUT2D eigenvalue weighted by Gasteiger charge is -2.27. The van der Waals surface area contributed by atoms with Gasteiger partial charge in [-0.15, -0.1) is 0 Å². The maximum atomic E-state index is 13.5. The number of aliphatic hydroxyl groups is 2. The molecular weight excluding hydrogens is 804 g/mol. The first-order valence-corrected chi connectivity index (χ1v) is 19.2. The zero-order chi connectivity index (χ0) is 45.6. The Kier molecular flexibility index (Phi) is 21.3. The van der Waals surface area contributed by atoms with Gasteiger partial charge in [0.2, 0.25) is 41.4 Å². The molecule has 0 aliphatic heterocycles. The lowest BCUT2D eigenvalue weighted by Crippen LogP contribution is -2.61. The molecule has 61 heavy (non-hydrogen) atoms. The van der Waals surface area contributed by atoms with E-state index in [4.69, 9.17) is 10.8 Å². The van der Waals surface area contributed by atoms with Crippen LogP contribution in [0.1, 0.15) is 44.2 Å². The number of nitrogens with one attached hydrogen (secondary N) is 7. The van der Waals surface area contributed by atoms with Crippen molar-refractivity contribution in [1.29, 1.82) is 0 Å². The first-order valence-electron chi connectivity index (χ1n) is 19.2. The van der Waals surface area contributed by atoms with Crippen molar-refractivity contribution >= 4 is 53.3 Å². The number of carbonyl (C=O) groups excluding carboxylic acids is 7. The van der Waals surface area contributed by atoms with E-state index in [1.807, 2.05) is 12.2 Å². The highest BCUT2D eigenvalue weighted by Crippen LogP contribution is 2.12. The third-order valence-corrected chi connectivity index (χ3v) is 9.26. The van der Waals surface area contributed by atoms with Gasteiger partial charge in [-0.05, 0) is 35.6 Å². The molecule has 0 aromatic heterocycles. The molecule has 0 aliphatic rings. The molecule has 0 saturated heterocycles. The second-order valence-electron chi connectivity index (χ2n) is 14.0. The Morgan fingerprint density at radius 2 is 1.03 bits per heavy atom. The van der Waals surface area contributed by atoms with Crippen LogP contribution in [0.3, 0.4) is 0 Å². The lowest BCUT2D eigenvalue weighted by molar-refractivity contribution is -0.139. The van der Waals surface area contributed by atoms with Crippen molar-refractivity contribution < 1.29 is 68.7 Å². The monoisotopic (exact) mass is 858 g/mol. The van der Waals surface area contributed by atoms with Crippen LogP contribution in [0, 0.1) is 5.92 Å². The molecular formula is C39H54N8O14. The number of rotatable bonds is 26. The van der Waals surface area contributed by atoms with E-state index < -0.39 is 129 Å². The highest BCUT2D eigenvalue weighted by Gasteiger charge is 2.33. The van der Waals surface area contributed by atoms with Crippen molar-refractivity contribution in [3.63, 3.8) is 0 Å². The fourth-order valence-electron chi connectivity index (χ4n) is 5.46. The SMILES string of the molecule is CC[C@H](C)[C@H](N)C(=O)N[C@@H](Cc1ccccc1)C(=O)N[C@@H](CO)C(=O)N[C@@H](CCC(=O)O)C(=O)N[C@@H](CO)C(=O)N[C@@H](Cc1ccc(O)cc1)C(=O)NCC(=O)NCC(=O)O. The Labute approximate surface area is 350 Å². The Morgan fingerprint density at radius 3 is 1.54 bits per heavy atom. The van der Waals surface area contributed by atoms with Crippen LogP contribution < -0.4 is 43.0 Å². The van der Waals surface area contributed by atoms with Crippen LogP contribution >= 0.6 is 0 Å². The van der Waals surface area contributed by atoms with Crippen LogP contribution in [0.5, 0.6) is 5.75 Å². The summed E-state index contributed by atoms with van der Waals surface area (Å²) in [5.74, 6) is -9.93. The minimum Gasteiger partial charge on any atom is -0.508 e. The van der Waals surface area contributed by atoms with Gasteiger partial charge in [-0.2, -0.15) is 0 Å². The van der Waals surface area contributed by atoms with E-state index in [0.29, 0.717) is 17.5 Å². The number of aliphatic hydroxyl groups excluding tert-OH is 2. The summed E-state index contributed by atoms with van der Waals surface area (Å²) in [6.07, 6.45) is -0.988. The number of benzene rings is 2. The van der Waals surface area contributed by atoms with Gasteiger partial charge in [0, 0.05) is 19.3 Å². The summed E-state index contributed by atoms with van der Waals surface area (Å²) in [5, 5.41) is 63.9. The molecule has 2 aromatic carbocycles. The number of aromatic hydroxyl groups is 1. The molecule has 2 aromatic rings.